The Bertz CT molecular complexity index is 791. The maximum Gasteiger partial charge on any atom is 0.162 e. The van der Waals surface area contributed by atoms with Gasteiger partial charge in [0.1, 0.15) is 23.9 Å². The fourth-order valence-corrected chi connectivity index (χ4v) is 5.41. The van der Waals surface area contributed by atoms with Crippen molar-refractivity contribution in [2.75, 3.05) is 38.1 Å². The van der Waals surface area contributed by atoms with E-state index >= 15 is 0 Å². The van der Waals surface area contributed by atoms with Gasteiger partial charge in [0, 0.05) is 35.0 Å². The van der Waals surface area contributed by atoms with E-state index in [-0.39, 0.29) is 0 Å². The molecule has 0 aromatic heterocycles. The van der Waals surface area contributed by atoms with Gasteiger partial charge in [-0.05, 0) is 37.5 Å². The second kappa shape index (κ2) is 10.2. The third kappa shape index (κ3) is 6.79. The maximum absolute atomic E-state index is 9.08. The number of hydrogen-bond acceptors (Lipinski definition) is 5. The van der Waals surface area contributed by atoms with Gasteiger partial charge in [0.05, 0.1) is 16.7 Å². The number of hydrogen-bond donors (Lipinski definition) is 0. The van der Waals surface area contributed by atoms with Gasteiger partial charge in [-0.2, -0.15) is 0 Å². The first-order valence-electron chi connectivity index (χ1n) is 8.62. The van der Waals surface area contributed by atoms with Crippen LogP contribution in [0.15, 0.2) is 41.3 Å². The first-order chi connectivity index (χ1) is 12.4. The van der Waals surface area contributed by atoms with Crippen molar-refractivity contribution in [1.29, 1.82) is 0 Å². The monoisotopic (exact) mass is 398 g/mol. The Morgan fingerprint density at radius 3 is 2.23 bits per heavy atom. The normalized spacial score (nSPS) is 15.3. The van der Waals surface area contributed by atoms with Crippen LogP contribution in [0.25, 0.3) is 10.8 Å². The van der Waals surface area contributed by atoms with Crippen LogP contribution in [0.1, 0.15) is 19.3 Å². The summed E-state index contributed by atoms with van der Waals surface area (Å²) in [4.78, 5) is 1.53. The van der Waals surface area contributed by atoms with E-state index in [0.717, 1.165) is 5.75 Å². The molecule has 1 aliphatic rings. The zero-order valence-electron chi connectivity index (χ0n) is 15.3. The summed E-state index contributed by atoms with van der Waals surface area (Å²) in [5, 5.41) is 2.61. The summed E-state index contributed by atoms with van der Waals surface area (Å²) in [5.74, 6) is 3.69. The van der Waals surface area contributed by atoms with Gasteiger partial charge in [-0.15, -0.1) is 0 Å². The number of ether oxygens (including phenoxy) is 2. The van der Waals surface area contributed by atoms with Crippen molar-refractivity contribution >= 4 is 31.8 Å². The molecule has 0 aliphatic carbocycles. The molecule has 0 radical (unpaired) electrons. The van der Waals surface area contributed by atoms with E-state index < -0.39 is 10.1 Å². The van der Waals surface area contributed by atoms with Crippen molar-refractivity contribution in [3.63, 3.8) is 0 Å². The highest BCUT2D eigenvalue weighted by atomic mass is 32.2. The molecule has 3 rings (SSSR count). The van der Waals surface area contributed by atoms with Crippen LogP contribution < -0.4 is 4.74 Å². The predicted molar refractivity (Wildman–Crippen MR) is 106 cm³/mol. The smallest absolute Gasteiger partial charge is 0.162 e. The standard InChI is InChI=1S/C18H23O2S.CH4O3S/c1-19-11-12-20-17-9-10-18(21-13-5-2-6-14-21)16-8-4-3-7-15(16)17;1-5(2,3)4/h3-4,7-10H,2,5-6,11-14H2,1H3;1H3,(H,2,3,4)/q+1;/p-1. The van der Waals surface area contributed by atoms with E-state index in [0.29, 0.717) is 30.4 Å². The molecule has 0 amide bonds. The Kier molecular flexibility index (Phi) is 8.21. The van der Waals surface area contributed by atoms with Gasteiger partial charge in [0.2, 0.25) is 0 Å². The third-order valence-corrected chi connectivity index (χ3v) is 6.52. The quantitative estimate of drug-likeness (QED) is 0.439. The first kappa shape index (κ1) is 21.0. The second-order valence-corrected chi connectivity index (χ2v) is 9.76. The summed E-state index contributed by atoms with van der Waals surface area (Å²) in [6, 6.07) is 13.1. The molecule has 5 nitrogen and oxygen atoms in total. The average molecular weight is 399 g/mol. The predicted octanol–water partition coefficient (Wildman–Crippen LogP) is 3.19. The Morgan fingerprint density at radius 1 is 1.00 bits per heavy atom. The lowest BCUT2D eigenvalue weighted by atomic mass is 10.1. The highest BCUT2D eigenvalue weighted by molar-refractivity contribution is 7.97. The van der Waals surface area contributed by atoms with Crippen LogP contribution in [0.4, 0.5) is 0 Å². The van der Waals surface area contributed by atoms with Crippen LogP contribution in [0.5, 0.6) is 5.75 Å². The molecule has 2 aromatic rings. The molecule has 0 unspecified atom stereocenters. The lowest BCUT2D eigenvalue weighted by Crippen LogP contribution is -2.18. The van der Waals surface area contributed by atoms with Crippen molar-refractivity contribution in [3.8, 4) is 5.75 Å². The molecule has 144 valence electrons. The van der Waals surface area contributed by atoms with E-state index in [1.807, 2.05) is 0 Å². The minimum absolute atomic E-state index is 0.422. The molecule has 0 spiro atoms. The SMILES string of the molecule is COCCOc1ccc([S+]2CCCCC2)c2ccccc12.CS(=O)(=O)[O-]. The first-order valence-corrected chi connectivity index (χ1v) is 12.0. The average Bonchev–Trinajstić information content (AvgIpc) is 2.61. The lowest BCUT2D eigenvalue weighted by molar-refractivity contribution is 0.147. The van der Waals surface area contributed by atoms with Crippen LogP contribution in [0.2, 0.25) is 0 Å². The Balaban J connectivity index is 0.000000431. The van der Waals surface area contributed by atoms with Crippen LogP contribution in [-0.4, -0.2) is 51.1 Å². The highest BCUT2D eigenvalue weighted by Gasteiger charge is 2.27. The third-order valence-electron chi connectivity index (χ3n) is 3.98. The molecular weight excluding hydrogens is 372 g/mol. The van der Waals surface area contributed by atoms with Gasteiger partial charge < -0.3 is 14.0 Å². The summed E-state index contributed by atoms with van der Waals surface area (Å²) in [5.41, 5.74) is 0. The van der Waals surface area contributed by atoms with Gasteiger partial charge in [0.15, 0.2) is 4.90 Å². The fourth-order valence-electron chi connectivity index (χ4n) is 2.91. The van der Waals surface area contributed by atoms with Gasteiger partial charge in [-0.1, -0.05) is 18.2 Å². The number of methoxy groups -OCH3 is 1. The molecule has 0 atom stereocenters. The van der Waals surface area contributed by atoms with Crippen molar-refractivity contribution in [2.45, 2.75) is 24.2 Å². The summed E-state index contributed by atoms with van der Waals surface area (Å²) < 4.78 is 38.2. The van der Waals surface area contributed by atoms with Gasteiger partial charge >= 0.3 is 0 Å². The van der Waals surface area contributed by atoms with Gasteiger partial charge in [-0.3, -0.25) is 0 Å². The van der Waals surface area contributed by atoms with Crippen molar-refractivity contribution in [3.05, 3.63) is 36.4 Å². The van der Waals surface area contributed by atoms with Gasteiger partial charge in [0.25, 0.3) is 0 Å². The lowest BCUT2D eigenvalue weighted by Gasteiger charge is -2.16. The van der Waals surface area contributed by atoms with Crippen molar-refractivity contribution in [1.82, 2.24) is 0 Å². The van der Waals surface area contributed by atoms with E-state index in [2.05, 4.69) is 36.4 Å². The van der Waals surface area contributed by atoms with E-state index in [9.17, 15) is 0 Å². The largest absolute Gasteiger partial charge is 0.748 e. The Morgan fingerprint density at radius 2 is 1.62 bits per heavy atom. The number of fused-ring (bicyclic) bond motifs is 1. The van der Waals surface area contributed by atoms with Crippen LogP contribution in [0.3, 0.4) is 0 Å². The Hall–Kier alpha value is -1.28. The Labute approximate surface area is 158 Å². The highest BCUT2D eigenvalue weighted by Crippen LogP contribution is 2.34. The summed E-state index contributed by atoms with van der Waals surface area (Å²) in [7, 11) is -1.79. The molecule has 0 bridgehead atoms. The molecule has 26 heavy (non-hydrogen) atoms. The zero-order valence-corrected chi connectivity index (χ0v) is 16.9. The van der Waals surface area contributed by atoms with Crippen molar-refractivity contribution < 1.29 is 22.4 Å². The summed E-state index contributed by atoms with van der Waals surface area (Å²) >= 11 is 0. The van der Waals surface area contributed by atoms with Crippen molar-refractivity contribution in [2.24, 2.45) is 0 Å². The van der Waals surface area contributed by atoms with E-state index in [1.54, 1.807) is 7.11 Å². The molecule has 0 N–H and O–H groups in total. The molecule has 1 aliphatic heterocycles. The molecule has 2 aromatic carbocycles. The molecular formula is C19H26O5S2. The molecule has 0 saturated carbocycles. The zero-order chi connectivity index (χ0) is 19.0. The summed E-state index contributed by atoms with van der Waals surface area (Å²) in [6.45, 7) is 1.23. The minimum Gasteiger partial charge on any atom is -0.748 e. The van der Waals surface area contributed by atoms with Crippen LogP contribution in [0, 0.1) is 0 Å². The van der Waals surface area contributed by atoms with Crippen LogP contribution >= 0.6 is 0 Å². The molecule has 1 saturated heterocycles. The van der Waals surface area contributed by atoms with E-state index in [4.69, 9.17) is 22.4 Å². The van der Waals surface area contributed by atoms with Gasteiger partial charge in [-0.25, -0.2) is 8.42 Å². The topological polar surface area (TPSA) is 75.7 Å². The maximum atomic E-state index is 9.08. The number of benzene rings is 2. The minimum atomic E-state index is -3.92. The molecule has 1 heterocycles. The van der Waals surface area contributed by atoms with Crippen LogP contribution in [-0.2, 0) is 25.7 Å². The van der Waals surface area contributed by atoms with E-state index in [1.165, 1.54) is 46.4 Å². The second-order valence-electron chi connectivity index (χ2n) is 6.11. The fraction of sp³-hybridized carbons (Fsp3) is 0.474. The molecule has 1 fully saturated rings. The molecule has 7 heteroatoms. The number of rotatable bonds is 5. The summed E-state index contributed by atoms with van der Waals surface area (Å²) in [6.07, 6.45) is 4.76.